The van der Waals surface area contributed by atoms with Gasteiger partial charge in [-0.05, 0) is 43.8 Å². The molecule has 3 N–H and O–H groups in total. The van der Waals surface area contributed by atoms with Crippen LogP contribution >= 0.6 is 12.2 Å². The Bertz CT molecular complexity index is 899. The number of hydrogen-bond acceptors (Lipinski definition) is 4. The Labute approximate surface area is 179 Å². The topological polar surface area (TPSA) is 70.6 Å². The molecular formula is C22H24F2N2O3S. The molecule has 0 bridgehead atoms. The van der Waals surface area contributed by atoms with E-state index in [1.807, 2.05) is 0 Å². The average molecular weight is 435 g/mol. The minimum absolute atomic E-state index is 0.0574. The number of amides is 1. The van der Waals surface area contributed by atoms with E-state index in [1.165, 1.54) is 12.1 Å². The maximum absolute atomic E-state index is 14.8. The lowest BCUT2D eigenvalue weighted by molar-refractivity contribution is -0.102. The smallest absolute Gasteiger partial charge is 0.257 e. The monoisotopic (exact) mass is 434 g/mol. The van der Waals surface area contributed by atoms with E-state index in [0.717, 1.165) is 0 Å². The fraction of sp³-hybridized carbons (Fsp3) is 0.364. The van der Waals surface area contributed by atoms with Gasteiger partial charge in [0.2, 0.25) is 0 Å². The SMILES string of the molecule is CC1CC(C(O)CF)C(NC(=S)NC(=O)c2ccccc2)(c2ccccc2F)CO1. The van der Waals surface area contributed by atoms with Crippen molar-refractivity contribution in [2.75, 3.05) is 13.3 Å². The van der Waals surface area contributed by atoms with Gasteiger partial charge in [0.1, 0.15) is 12.5 Å². The van der Waals surface area contributed by atoms with Crippen molar-refractivity contribution >= 4 is 23.2 Å². The first-order valence-electron chi connectivity index (χ1n) is 9.66. The summed E-state index contributed by atoms with van der Waals surface area (Å²) < 4.78 is 34.1. The molecule has 30 heavy (non-hydrogen) atoms. The largest absolute Gasteiger partial charge is 0.390 e. The van der Waals surface area contributed by atoms with Crippen LogP contribution in [0.5, 0.6) is 0 Å². The Kier molecular flexibility index (Phi) is 7.12. The zero-order valence-corrected chi connectivity index (χ0v) is 17.3. The van der Waals surface area contributed by atoms with E-state index >= 15 is 0 Å². The van der Waals surface area contributed by atoms with E-state index in [1.54, 1.807) is 49.4 Å². The number of carbonyl (C=O) groups is 1. The highest BCUT2D eigenvalue weighted by Gasteiger charge is 2.50. The van der Waals surface area contributed by atoms with E-state index in [2.05, 4.69) is 10.6 Å². The number of carbonyl (C=O) groups excluding carboxylic acids is 1. The Morgan fingerprint density at radius 3 is 2.60 bits per heavy atom. The second-order valence-corrected chi connectivity index (χ2v) is 7.82. The van der Waals surface area contributed by atoms with Crippen molar-refractivity contribution in [3.63, 3.8) is 0 Å². The van der Waals surface area contributed by atoms with Crippen LogP contribution in [-0.2, 0) is 10.3 Å². The summed E-state index contributed by atoms with van der Waals surface area (Å²) in [7, 11) is 0. The van der Waals surface area contributed by atoms with Gasteiger partial charge in [-0.1, -0.05) is 36.4 Å². The molecule has 0 saturated carbocycles. The van der Waals surface area contributed by atoms with E-state index < -0.39 is 36.0 Å². The Morgan fingerprint density at radius 2 is 1.93 bits per heavy atom. The fourth-order valence-corrected chi connectivity index (χ4v) is 4.17. The summed E-state index contributed by atoms with van der Waals surface area (Å²) in [5, 5.41) is 15.9. The van der Waals surface area contributed by atoms with E-state index in [-0.39, 0.29) is 29.8 Å². The van der Waals surface area contributed by atoms with Gasteiger partial charge in [0.05, 0.1) is 24.4 Å². The van der Waals surface area contributed by atoms with Crippen LogP contribution in [0.25, 0.3) is 0 Å². The summed E-state index contributed by atoms with van der Waals surface area (Å²) in [5.74, 6) is -1.73. The third-order valence-electron chi connectivity index (χ3n) is 5.39. The first-order chi connectivity index (χ1) is 14.4. The minimum atomic E-state index is -1.36. The van der Waals surface area contributed by atoms with E-state index in [4.69, 9.17) is 17.0 Å². The molecule has 0 radical (unpaired) electrons. The number of halogens is 2. The first-order valence-corrected chi connectivity index (χ1v) is 10.1. The molecule has 2 aromatic rings. The van der Waals surface area contributed by atoms with Crippen LogP contribution in [0.2, 0.25) is 0 Å². The second-order valence-electron chi connectivity index (χ2n) is 7.41. The molecule has 0 aliphatic carbocycles. The fourth-order valence-electron chi connectivity index (χ4n) is 3.90. The number of hydrogen-bond donors (Lipinski definition) is 3. The number of ether oxygens (including phenoxy) is 1. The van der Waals surface area contributed by atoms with Gasteiger partial charge in [0, 0.05) is 17.0 Å². The number of benzene rings is 2. The van der Waals surface area contributed by atoms with Gasteiger partial charge < -0.3 is 15.2 Å². The molecule has 160 valence electrons. The Balaban J connectivity index is 1.94. The van der Waals surface area contributed by atoms with Crippen LogP contribution in [0, 0.1) is 11.7 Å². The lowest BCUT2D eigenvalue weighted by Crippen LogP contribution is -2.63. The highest BCUT2D eigenvalue weighted by Crippen LogP contribution is 2.41. The van der Waals surface area contributed by atoms with Crippen LogP contribution in [0.3, 0.4) is 0 Å². The Hall–Kier alpha value is -2.42. The molecule has 4 atom stereocenters. The summed E-state index contributed by atoms with van der Waals surface area (Å²) in [6, 6.07) is 14.5. The molecule has 0 spiro atoms. The quantitative estimate of drug-likeness (QED) is 0.631. The van der Waals surface area contributed by atoms with Crippen LogP contribution < -0.4 is 10.6 Å². The zero-order chi connectivity index (χ0) is 21.7. The molecular weight excluding hydrogens is 410 g/mol. The standard InChI is InChI=1S/C22H24F2N2O3S/c1-14-11-17(19(27)12-23)22(13-29-14,16-9-5-6-10-18(16)24)26-21(30)25-20(28)15-7-3-2-4-8-15/h2-10,14,17,19,27H,11-13H2,1H3,(H2,25,26,28,30). The molecule has 2 aromatic carbocycles. The molecule has 1 amide bonds. The van der Waals surface area contributed by atoms with Gasteiger partial charge >= 0.3 is 0 Å². The second kappa shape index (κ2) is 9.59. The predicted molar refractivity (Wildman–Crippen MR) is 113 cm³/mol. The molecule has 8 heteroatoms. The van der Waals surface area contributed by atoms with Gasteiger partial charge in [0.25, 0.3) is 5.91 Å². The van der Waals surface area contributed by atoms with Gasteiger partial charge in [-0.25, -0.2) is 8.78 Å². The molecule has 1 heterocycles. The number of nitrogens with one attached hydrogen (secondary N) is 2. The van der Waals surface area contributed by atoms with Gasteiger partial charge in [0.15, 0.2) is 5.11 Å². The average Bonchev–Trinajstić information content (AvgIpc) is 2.75. The zero-order valence-electron chi connectivity index (χ0n) is 16.5. The van der Waals surface area contributed by atoms with Crippen molar-refractivity contribution < 1.29 is 23.4 Å². The van der Waals surface area contributed by atoms with Crippen molar-refractivity contribution in [2.45, 2.75) is 31.1 Å². The molecule has 1 aliphatic rings. The minimum Gasteiger partial charge on any atom is -0.390 e. The molecule has 1 saturated heterocycles. The van der Waals surface area contributed by atoms with Crippen molar-refractivity contribution in [1.82, 2.24) is 10.6 Å². The number of alkyl halides is 1. The van der Waals surface area contributed by atoms with Crippen molar-refractivity contribution in [3.8, 4) is 0 Å². The first kappa shape index (κ1) is 22.3. The van der Waals surface area contributed by atoms with Gasteiger partial charge in [-0.2, -0.15) is 0 Å². The molecule has 1 aliphatic heterocycles. The van der Waals surface area contributed by atoms with Gasteiger partial charge in [-0.15, -0.1) is 0 Å². The normalized spacial score (nSPS) is 24.7. The van der Waals surface area contributed by atoms with Crippen LogP contribution in [0.15, 0.2) is 54.6 Å². The number of aliphatic hydroxyl groups is 1. The summed E-state index contributed by atoms with van der Waals surface area (Å²) in [4.78, 5) is 12.5. The highest BCUT2D eigenvalue weighted by molar-refractivity contribution is 7.80. The Morgan fingerprint density at radius 1 is 1.27 bits per heavy atom. The van der Waals surface area contributed by atoms with Crippen LogP contribution in [0.4, 0.5) is 8.78 Å². The lowest BCUT2D eigenvalue weighted by Gasteiger charge is -2.48. The summed E-state index contributed by atoms with van der Waals surface area (Å²) >= 11 is 5.33. The highest BCUT2D eigenvalue weighted by atomic mass is 32.1. The molecule has 0 aromatic heterocycles. The van der Waals surface area contributed by atoms with Crippen molar-refractivity contribution in [3.05, 3.63) is 71.5 Å². The maximum Gasteiger partial charge on any atom is 0.257 e. The summed E-state index contributed by atoms with van der Waals surface area (Å²) in [6.07, 6.45) is -1.34. The van der Waals surface area contributed by atoms with Crippen molar-refractivity contribution in [2.24, 2.45) is 5.92 Å². The molecule has 1 fully saturated rings. The number of rotatable bonds is 5. The number of thiocarbonyl (C=S) groups is 1. The summed E-state index contributed by atoms with van der Waals surface area (Å²) in [6.45, 7) is 0.745. The maximum atomic E-state index is 14.8. The van der Waals surface area contributed by atoms with Crippen LogP contribution in [-0.4, -0.2) is 41.6 Å². The molecule has 4 unspecified atom stereocenters. The van der Waals surface area contributed by atoms with E-state index in [0.29, 0.717) is 5.56 Å². The molecule has 5 nitrogen and oxygen atoms in total. The lowest BCUT2D eigenvalue weighted by atomic mass is 9.71. The number of aliphatic hydroxyl groups excluding tert-OH is 1. The van der Waals surface area contributed by atoms with Crippen molar-refractivity contribution in [1.29, 1.82) is 0 Å². The van der Waals surface area contributed by atoms with Gasteiger partial charge in [-0.3, -0.25) is 10.1 Å². The molecule has 3 rings (SSSR count). The van der Waals surface area contributed by atoms with Crippen LogP contribution in [0.1, 0.15) is 29.3 Å². The third-order valence-corrected chi connectivity index (χ3v) is 5.60. The predicted octanol–water partition coefficient (Wildman–Crippen LogP) is 3.08. The van der Waals surface area contributed by atoms with E-state index in [9.17, 15) is 18.7 Å². The summed E-state index contributed by atoms with van der Waals surface area (Å²) in [5.41, 5.74) is -0.772. The third kappa shape index (κ3) is 4.66.